The van der Waals surface area contributed by atoms with Gasteiger partial charge in [0.25, 0.3) is 0 Å². The lowest BCUT2D eigenvalue weighted by Gasteiger charge is -2.27. The molecule has 1 aliphatic heterocycles. The lowest BCUT2D eigenvalue weighted by Crippen LogP contribution is -2.20. The molecular formula is C18H22N2. The SMILES string of the molecule is Cc1ccc(N2CCCCc3ccccc32)c(CN)c1. The van der Waals surface area contributed by atoms with E-state index in [1.807, 2.05) is 0 Å². The van der Waals surface area contributed by atoms with Gasteiger partial charge in [0, 0.05) is 24.5 Å². The molecule has 2 aromatic carbocycles. The maximum atomic E-state index is 5.96. The van der Waals surface area contributed by atoms with E-state index in [2.05, 4.69) is 54.3 Å². The van der Waals surface area contributed by atoms with E-state index in [1.54, 1.807) is 0 Å². The van der Waals surface area contributed by atoms with Crippen molar-refractivity contribution in [2.24, 2.45) is 5.73 Å². The second-order valence-corrected chi connectivity index (χ2v) is 5.57. The van der Waals surface area contributed by atoms with Gasteiger partial charge < -0.3 is 10.6 Å². The van der Waals surface area contributed by atoms with Crippen LogP contribution in [0.1, 0.15) is 29.5 Å². The highest BCUT2D eigenvalue weighted by Gasteiger charge is 2.18. The molecule has 3 rings (SSSR count). The maximum absolute atomic E-state index is 5.96. The van der Waals surface area contributed by atoms with Gasteiger partial charge >= 0.3 is 0 Å². The van der Waals surface area contributed by atoms with Crippen molar-refractivity contribution in [2.45, 2.75) is 32.7 Å². The number of para-hydroxylation sites is 1. The highest BCUT2D eigenvalue weighted by molar-refractivity contribution is 5.70. The van der Waals surface area contributed by atoms with E-state index in [0.717, 1.165) is 6.54 Å². The molecule has 0 spiro atoms. The van der Waals surface area contributed by atoms with Crippen LogP contribution in [0.15, 0.2) is 42.5 Å². The van der Waals surface area contributed by atoms with Gasteiger partial charge in [-0.05, 0) is 49.4 Å². The molecule has 0 aromatic heterocycles. The smallest absolute Gasteiger partial charge is 0.0456 e. The lowest BCUT2D eigenvalue weighted by atomic mass is 10.1. The van der Waals surface area contributed by atoms with Crippen molar-refractivity contribution >= 4 is 11.4 Å². The summed E-state index contributed by atoms with van der Waals surface area (Å²) in [6, 6.07) is 15.4. The van der Waals surface area contributed by atoms with Crippen LogP contribution in [0.4, 0.5) is 11.4 Å². The quantitative estimate of drug-likeness (QED) is 0.892. The van der Waals surface area contributed by atoms with Crippen molar-refractivity contribution in [3.05, 3.63) is 59.2 Å². The van der Waals surface area contributed by atoms with Crippen LogP contribution in [0.2, 0.25) is 0 Å². The first-order valence-corrected chi connectivity index (χ1v) is 7.44. The third-order valence-corrected chi connectivity index (χ3v) is 4.11. The monoisotopic (exact) mass is 266 g/mol. The fourth-order valence-electron chi connectivity index (χ4n) is 3.08. The largest absolute Gasteiger partial charge is 0.341 e. The molecule has 0 bridgehead atoms. The van der Waals surface area contributed by atoms with E-state index in [1.165, 1.54) is 47.3 Å². The van der Waals surface area contributed by atoms with Crippen molar-refractivity contribution in [2.75, 3.05) is 11.4 Å². The molecular weight excluding hydrogens is 244 g/mol. The number of rotatable bonds is 2. The standard InChI is InChI=1S/C18H22N2/c1-14-9-10-18(16(12-14)13-19)20-11-5-4-7-15-6-2-3-8-17(15)20/h2-3,6,8-10,12H,4-5,7,11,13,19H2,1H3. The average molecular weight is 266 g/mol. The van der Waals surface area contributed by atoms with Gasteiger partial charge in [-0.15, -0.1) is 0 Å². The number of nitrogens with zero attached hydrogens (tertiary/aromatic N) is 1. The van der Waals surface area contributed by atoms with Gasteiger partial charge in [0.2, 0.25) is 0 Å². The number of anilines is 2. The lowest BCUT2D eigenvalue weighted by molar-refractivity contribution is 0.759. The molecule has 1 heterocycles. The first-order valence-electron chi connectivity index (χ1n) is 7.44. The normalized spacial score (nSPS) is 14.8. The minimum Gasteiger partial charge on any atom is -0.341 e. The summed E-state index contributed by atoms with van der Waals surface area (Å²) < 4.78 is 0. The van der Waals surface area contributed by atoms with Gasteiger partial charge in [-0.1, -0.05) is 35.9 Å². The summed E-state index contributed by atoms with van der Waals surface area (Å²) in [4.78, 5) is 2.45. The Morgan fingerprint density at radius 2 is 1.90 bits per heavy atom. The number of hydrogen-bond acceptors (Lipinski definition) is 2. The molecule has 2 aromatic rings. The Morgan fingerprint density at radius 1 is 1.05 bits per heavy atom. The number of aryl methyl sites for hydroxylation is 2. The van der Waals surface area contributed by atoms with Crippen molar-refractivity contribution in [1.82, 2.24) is 0 Å². The van der Waals surface area contributed by atoms with Gasteiger partial charge in [0.1, 0.15) is 0 Å². The number of benzene rings is 2. The van der Waals surface area contributed by atoms with Crippen LogP contribution in [-0.4, -0.2) is 6.54 Å². The number of nitrogens with two attached hydrogens (primary N) is 1. The third kappa shape index (κ3) is 2.44. The first kappa shape index (κ1) is 13.2. The predicted molar refractivity (Wildman–Crippen MR) is 85.5 cm³/mol. The Bertz CT molecular complexity index is 604. The second kappa shape index (κ2) is 5.68. The van der Waals surface area contributed by atoms with Crippen molar-refractivity contribution < 1.29 is 0 Å². The van der Waals surface area contributed by atoms with E-state index < -0.39 is 0 Å². The highest BCUT2D eigenvalue weighted by atomic mass is 15.1. The fraction of sp³-hybridized carbons (Fsp3) is 0.333. The minimum absolute atomic E-state index is 0.593. The molecule has 0 saturated heterocycles. The Morgan fingerprint density at radius 3 is 2.75 bits per heavy atom. The molecule has 20 heavy (non-hydrogen) atoms. The molecule has 0 fully saturated rings. The zero-order valence-corrected chi connectivity index (χ0v) is 12.1. The van der Waals surface area contributed by atoms with Gasteiger partial charge in [-0.3, -0.25) is 0 Å². The zero-order chi connectivity index (χ0) is 13.9. The van der Waals surface area contributed by atoms with Gasteiger partial charge in [-0.25, -0.2) is 0 Å². The topological polar surface area (TPSA) is 29.3 Å². The zero-order valence-electron chi connectivity index (χ0n) is 12.1. The van der Waals surface area contributed by atoms with E-state index in [-0.39, 0.29) is 0 Å². The Balaban J connectivity index is 2.10. The molecule has 2 N–H and O–H groups in total. The summed E-state index contributed by atoms with van der Waals surface area (Å²) >= 11 is 0. The second-order valence-electron chi connectivity index (χ2n) is 5.57. The van der Waals surface area contributed by atoms with E-state index in [9.17, 15) is 0 Å². The van der Waals surface area contributed by atoms with Crippen LogP contribution >= 0.6 is 0 Å². The van der Waals surface area contributed by atoms with Crippen LogP contribution in [0, 0.1) is 6.92 Å². The molecule has 0 aliphatic carbocycles. The third-order valence-electron chi connectivity index (χ3n) is 4.11. The van der Waals surface area contributed by atoms with Gasteiger partial charge in [0.15, 0.2) is 0 Å². The minimum atomic E-state index is 0.593. The molecule has 0 saturated carbocycles. The van der Waals surface area contributed by atoms with Gasteiger partial charge in [-0.2, -0.15) is 0 Å². The van der Waals surface area contributed by atoms with Crippen molar-refractivity contribution in [3.8, 4) is 0 Å². The molecule has 1 aliphatic rings. The van der Waals surface area contributed by atoms with Crippen LogP contribution in [0.25, 0.3) is 0 Å². The number of hydrogen-bond donors (Lipinski definition) is 1. The van der Waals surface area contributed by atoms with Crippen LogP contribution < -0.4 is 10.6 Å². The average Bonchev–Trinajstić information content (AvgIpc) is 2.69. The highest BCUT2D eigenvalue weighted by Crippen LogP contribution is 2.34. The Hall–Kier alpha value is -1.80. The summed E-state index contributed by atoms with van der Waals surface area (Å²) in [5.74, 6) is 0. The van der Waals surface area contributed by atoms with E-state index in [4.69, 9.17) is 5.73 Å². The Labute approximate surface area is 121 Å². The maximum Gasteiger partial charge on any atom is 0.0456 e. The van der Waals surface area contributed by atoms with E-state index in [0.29, 0.717) is 6.54 Å². The summed E-state index contributed by atoms with van der Waals surface area (Å²) in [7, 11) is 0. The first-order chi connectivity index (χ1) is 9.79. The van der Waals surface area contributed by atoms with Gasteiger partial charge in [0.05, 0.1) is 0 Å². The molecule has 0 radical (unpaired) electrons. The summed E-state index contributed by atoms with van der Waals surface area (Å²) in [5, 5.41) is 0. The molecule has 0 amide bonds. The molecule has 104 valence electrons. The van der Waals surface area contributed by atoms with Crippen molar-refractivity contribution in [3.63, 3.8) is 0 Å². The van der Waals surface area contributed by atoms with E-state index >= 15 is 0 Å². The molecule has 2 nitrogen and oxygen atoms in total. The summed E-state index contributed by atoms with van der Waals surface area (Å²) in [6.45, 7) is 3.79. The van der Waals surface area contributed by atoms with Crippen LogP contribution in [0.5, 0.6) is 0 Å². The summed E-state index contributed by atoms with van der Waals surface area (Å²) in [5.41, 5.74) is 12.5. The number of fused-ring (bicyclic) bond motifs is 1. The Kier molecular flexibility index (Phi) is 3.75. The molecule has 0 unspecified atom stereocenters. The van der Waals surface area contributed by atoms with Crippen LogP contribution in [-0.2, 0) is 13.0 Å². The predicted octanol–water partition coefficient (Wildman–Crippen LogP) is 3.93. The van der Waals surface area contributed by atoms with Crippen molar-refractivity contribution in [1.29, 1.82) is 0 Å². The van der Waals surface area contributed by atoms with Crippen LogP contribution in [0.3, 0.4) is 0 Å². The summed E-state index contributed by atoms with van der Waals surface area (Å²) in [6.07, 6.45) is 3.67. The fourth-order valence-corrected chi connectivity index (χ4v) is 3.08. The molecule has 2 heteroatoms. The molecule has 0 atom stereocenters.